The Morgan fingerprint density at radius 3 is 2.68 bits per heavy atom. The van der Waals surface area contributed by atoms with Crippen molar-refractivity contribution in [3.05, 3.63) is 48.3 Å². The second-order valence-electron chi connectivity index (χ2n) is 5.00. The zero-order valence-electron chi connectivity index (χ0n) is 12.4. The number of hydrogen-bond donors (Lipinski definition) is 2. The Hall–Kier alpha value is -2.63. The van der Waals surface area contributed by atoms with Crippen molar-refractivity contribution >= 4 is 11.9 Å². The van der Waals surface area contributed by atoms with Crippen LogP contribution in [0.1, 0.15) is 25.3 Å². The van der Waals surface area contributed by atoms with E-state index in [9.17, 15) is 9.59 Å². The molecule has 0 radical (unpaired) electrons. The monoisotopic (exact) mass is 301 g/mol. The Morgan fingerprint density at radius 2 is 2.05 bits per heavy atom. The Kier molecular flexibility index (Phi) is 5.30. The van der Waals surface area contributed by atoms with E-state index in [1.807, 2.05) is 36.5 Å². The van der Waals surface area contributed by atoms with Gasteiger partial charge in [-0.1, -0.05) is 25.1 Å². The van der Waals surface area contributed by atoms with Gasteiger partial charge in [-0.3, -0.25) is 4.79 Å². The molecule has 0 aliphatic heterocycles. The molecule has 0 saturated heterocycles. The fourth-order valence-electron chi connectivity index (χ4n) is 2.07. The van der Waals surface area contributed by atoms with Crippen LogP contribution in [0.25, 0.3) is 5.69 Å². The first-order valence-corrected chi connectivity index (χ1v) is 7.21. The van der Waals surface area contributed by atoms with E-state index in [2.05, 4.69) is 10.4 Å². The minimum absolute atomic E-state index is 0.240. The number of carbonyl (C=O) groups excluding carboxylic acids is 1. The van der Waals surface area contributed by atoms with Crippen LogP contribution in [-0.4, -0.2) is 32.8 Å². The van der Waals surface area contributed by atoms with Gasteiger partial charge in [-0.25, -0.2) is 9.48 Å². The van der Waals surface area contributed by atoms with Gasteiger partial charge in [-0.15, -0.1) is 0 Å². The highest BCUT2D eigenvalue weighted by Crippen LogP contribution is 2.09. The van der Waals surface area contributed by atoms with Crippen LogP contribution >= 0.6 is 0 Å². The fraction of sp³-hybridized carbons (Fsp3) is 0.312. The molecule has 0 fully saturated rings. The molecule has 1 atom stereocenters. The number of benzene rings is 1. The van der Waals surface area contributed by atoms with Crippen molar-refractivity contribution in [1.82, 2.24) is 15.1 Å². The smallest absolute Gasteiger partial charge is 0.326 e. The first-order valence-electron chi connectivity index (χ1n) is 7.21. The Balaban J connectivity index is 1.89. The van der Waals surface area contributed by atoms with E-state index >= 15 is 0 Å². The number of nitrogens with zero attached hydrogens (tertiary/aromatic N) is 2. The molecule has 116 valence electrons. The van der Waals surface area contributed by atoms with E-state index in [1.54, 1.807) is 17.8 Å². The molecule has 0 aliphatic rings. The lowest BCUT2D eigenvalue weighted by atomic mass is 10.1. The number of hydrogen-bond acceptors (Lipinski definition) is 3. The maximum atomic E-state index is 11.8. The van der Waals surface area contributed by atoms with Crippen LogP contribution in [0.15, 0.2) is 42.7 Å². The van der Waals surface area contributed by atoms with Crippen LogP contribution in [0.4, 0.5) is 0 Å². The van der Waals surface area contributed by atoms with Gasteiger partial charge in [0.15, 0.2) is 0 Å². The second kappa shape index (κ2) is 7.40. The summed E-state index contributed by atoms with van der Waals surface area (Å²) in [6.45, 7) is 1.73. The number of amides is 1. The summed E-state index contributed by atoms with van der Waals surface area (Å²) in [6.07, 6.45) is 4.72. The summed E-state index contributed by atoms with van der Waals surface area (Å²) in [7, 11) is 0. The van der Waals surface area contributed by atoms with Crippen molar-refractivity contribution in [3.8, 4) is 5.69 Å². The lowest BCUT2D eigenvalue weighted by Gasteiger charge is -2.11. The lowest BCUT2D eigenvalue weighted by Crippen LogP contribution is -2.40. The number of aliphatic carboxylic acids is 1. The molecule has 6 heteroatoms. The van der Waals surface area contributed by atoms with Crippen molar-refractivity contribution in [1.29, 1.82) is 0 Å². The quantitative estimate of drug-likeness (QED) is 0.816. The highest BCUT2D eigenvalue weighted by molar-refractivity contribution is 5.83. The molecule has 0 aliphatic carbocycles. The van der Waals surface area contributed by atoms with Crippen LogP contribution in [0, 0.1) is 0 Å². The predicted molar refractivity (Wildman–Crippen MR) is 81.7 cm³/mol. The molecule has 1 heterocycles. The third-order valence-corrected chi connectivity index (χ3v) is 3.34. The van der Waals surface area contributed by atoms with Crippen molar-refractivity contribution in [2.24, 2.45) is 0 Å². The number of carboxylic acid groups (broad SMARTS) is 1. The number of carbonyl (C=O) groups is 2. The summed E-state index contributed by atoms with van der Waals surface area (Å²) >= 11 is 0. The number of carboxylic acids is 1. The van der Waals surface area contributed by atoms with E-state index in [-0.39, 0.29) is 12.3 Å². The van der Waals surface area contributed by atoms with Crippen LogP contribution < -0.4 is 5.32 Å². The van der Waals surface area contributed by atoms with Crippen LogP contribution in [0.5, 0.6) is 0 Å². The van der Waals surface area contributed by atoms with E-state index in [1.165, 1.54) is 0 Å². The van der Waals surface area contributed by atoms with E-state index in [4.69, 9.17) is 5.11 Å². The standard InChI is InChI=1S/C16H19N3O3/c1-2-14(16(21)22)18-15(20)9-8-12-10-17-19(11-12)13-6-4-3-5-7-13/h3-7,10-11,14H,2,8-9H2,1H3,(H,18,20)(H,21,22). The zero-order chi connectivity index (χ0) is 15.9. The van der Waals surface area contributed by atoms with Gasteiger partial charge in [0.2, 0.25) is 5.91 Å². The van der Waals surface area contributed by atoms with Gasteiger partial charge in [-0.05, 0) is 30.5 Å². The van der Waals surface area contributed by atoms with Crippen LogP contribution in [0.3, 0.4) is 0 Å². The Morgan fingerprint density at radius 1 is 1.32 bits per heavy atom. The minimum atomic E-state index is -1.01. The van der Waals surface area contributed by atoms with Gasteiger partial charge < -0.3 is 10.4 Å². The molecule has 2 aromatic rings. The summed E-state index contributed by atoms with van der Waals surface area (Å²) in [4.78, 5) is 22.6. The predicted octanol–water partition coefficient (Wildman–Crippen LogP) is 1.78. The topological polar surface area (TPSA) is 84.2 Å². The van der Waals surface area contributed by atoms with Crippen molar-refractivity contribution < 1.29 is 14.7 Å². The van der Waals surface area contributed by atoms with Gasteiger partial charge in [0, 0.05) is 12.6 Å². The van der Waals surface area contributed by atoms with Gasteiger partial charge in [0.25, 0.3) is 0 Å². The van der Waals surface area contributed by atoms with E-state index in [0.717, 1.165) is 11.3 Å². The average Bonchev–Trinajstić information content (AvgIpc) is 3.00. The number of nitrogens with one attached hydrogen (secondary N) is 1. The normalized spacial score (nSPS) is 11.9. The fourth-order valence-corrected chi connectivity index (χ4v) is 2.07. The number of aromatic nitrogens is 2. The molecule has 0 spiro atoms. The first-order chi connectivity index (χ1) is 10.6. The van der Waals surface area contributed by atoms with Gasteiger partial charge >= 0.3 is 5.97 Å². The summed E-state index contributed by atoms with van der Waals surface area (Å²) in [6, 6.07) is 8.87. The molecular weight excluding hydrogens is 282 g/mol. The molecule has 1 unspecified atom stereocenters. The van der Waals surface area contributed by atoms with Gasteiger partial charge in [-0.2, -0.15) is 5.10 Å². The molecule has 2 rings (SSSR count). The highest BCUT2D eigenvalue weighted by Gasteiger charge is 2.17. The summed E-state index contributed by atoms with van der Waals surface area (Å²) in [5, 5.41) is 15.7. The van der Waals surface area contributed by atoms with Gasteiger partial charge in [0.05, 0.1) is 11.9 Å². The molecule has 6 nitrogen and oxygen atoms in total. The number of aryl methyl sites for hydroxylation is 1. The lowest BCUT2D eigenvalue weighted by molar-refractivity contribution is -0.141. The molecular formula is C16H19N3O3. The van der Waals surface area contributed by atoms with Crippen LogP contribution in [0.2, 0.25) is 0 Å². The second-order valence-corrected chi connectivity index (χ2v) is 5.00. The number of para-hydroxylation sites is 1. The maximum absolute atomic E-state index is 11.8. The van der Waals surface area contributed by atoms with E-state index < -0.39 is 12.0 Å². The minimum Gasteiger partial charge on any atom is -0.480 e. The van der Waals surface area contributed by atoms with Crippen molar-refractivity contribution in [3.63, 3.8) is 0 Å². The molecule has 1 aromatic heterocycles. The molecule has 0 saturated carbocycles. The van der Waals surface area contributed by atoms with Gasteiger partial charge in [0.1, 0.15) is 6.04 Å². The summed E-state index contributed by atoms with van der Waals surface area (Å²) < 4.78 is 1.75. The Bertz CT molecular complexity index is 637. The average molecular weight is 301 g/mol. The van der Waals surface area contributed by atoms with Crippen LogP contribution in [-0.2, 0) is 16.0 Å². The SMILES string of the molecule is CCC(NC(=O)CCc1cnn(-c2ccccc2)c1)C(=O)O. The number of rotatable bonds is 7. The largest absolute Gasteiger partial charge is 0.480 e. The van der Waals surface area contributed by atoms with Crippen molar-refractivity contribution in [2.75, 3.05) is 0 Å². The first kappa shape index (κ1) is 15.8. The summed E-state index contributed by atoms with van der Waals surface area (Å²) in [5.41, 5.74) is 1.89. The molecule has 22 heavy (non-hydrogen) atoms. The third kappa shape index (κ3) is 4.18. The zero-order valence-corrected chi connectivity index (χ0v) is 12.4. The molecule has 1 amide bonds. The van der Waals surface area contributed by atoms with Crippen molar-refractivity contribution in [2.45, 2.75) is 32.2 Å². The maximum Gasteiger partial charge on any atom is 0.326 e. The molecule has 2 N–H and O–H groups in total. The highest BCUT2D eigenvalue weighted by atomic mass is 16.4. The Labute approximate surface area is 128 Å². The summed E-state index contributed by atoms with van der Waals surface area (Å²) in [5.74, 6) is -1.27. The molecule has 0 bridgehead atoms. The molecule has 1 aromatic carbocycles. The third-order valence-electron chi connectivity index (χ3n) is 3.34. The van der Waals surface area contributed by atoms with E-state index in [0.29, 0.717) is 12.8 Å².